The molecule has 1 unspecified atom stereocenters. The Balaban J connectivity index is 1.42. The first-order valence-electron chi connectivity index (χ1n) is 10.3. The number of hydrogen-bond acceptors (Lipinski definition) is 4. The smallest absolute Gasteiger partial charge is 0.224 e. The van der Waals surface area contributed by atoms with E-state index in [0.717, 1.165) is 58.3 Å². The number of halogens is 3. The van der Waals surface area contributed by atoms with Crippen molar-refractivity contribution < 1.29 is 13.9 Å². The molecule has 1 atom stereocenters. The van der Waals surface area contributed by atoms with Crippen LogP contribution in [0, 0.1) is 15.2 Å². The molecule has 2 heterocycles. The Labute approximate surface area is 194 Å². The minimum absolute atomic E-state index is 0.0548. The lowest BCUT2D eigenvalue weighted by Crippen LogP contribution is -2.44. The van der Waals surface area contributed by atoms with Crippen LogP contribution in [-0.4, -0.2) is 34.1 Å². The predicted molar refractivity (Wildman–Crippen MR) is 125 cm³/mol. The van der Waals surface area contributed by atoms with Crippen LogP contribution in [0.5, 0.6) is 5.88 Å². The highest BCUT2D eigenvalue weighted by Gasteiger charge is 2.26. The summed E-state index contributed by atoms with van der Waals surface area (Å²) in [5.41, 5.74) is 4.30. The monoisotopic (exact) mass is 535 g/mol. The molecule has 162 valence electrons. The van der Waals surface area contributed by atoms with E-state index in [1.807, 2.05) is 24.3 Å². The van der Waals surface area contributed by atoms with Crippen LogP contribution in [-0.2, 0) is 25.9 Å². The summed E-state index contributed by atoms with van der Waals surface area (Å²) in [6, 6.07) is 13.8. The lowest BCUT2D eigenvalue weighted by Gasteiger charge is -2.37. The molecule has 4 nitrogen and oxygen atoms in total. The van der Waals surface area contributed by atoms with Crippen LogP contribution in [0.4, 0.5) is 8.78 Å². The van der Waals surface area contributed by atoms with Gasteiger partial charge in [-0.25, -0.2) is 13.8 Å². The van der Waals surface area contributed by atoms with Gasteiger partial charge in [-0.3, -0.25) is 4.90 Å². The van der Waals surface area contributed by atoms with Crippen LogP contribution in [0.15, 0.2) is 54.7 Å². The third kappa shape index (κ3) is 5.58. The fourth-order valence-electron chi connectivity index (χ4n) is 4.08. The number of nitrogens with zero attached hydrogens (tertiary/aromatic N) is 2. The molecule has 0 saturated heterocycles. The Bertz CT molecular complexity index is 1050. The van der Waals surface area contributed by atoms with Crippen molar-refractivity contribution in [1.29, 1.82) is 0 Å². The molecule has 0 bridgehead atoms. The maximum Gasteiger partial charge on any atom is 0.224 e. The Kier molecular flexibility index (Phi) is 7.14. The zero-order valence-corrected chi connectivity index (χ0v) is 19.1. The molecule has 0 radical (unpaired) electrons. The summed E-state index contributed by atoms with van der Waals surface area (Å²) in [6.07, 6.45) is 3.15. The molecule has 0 fully saturated rings. The van der Waals surface area contributed by atoms with Gasteiger partial charge in [0.25, 0.3) is 0 Å². The van der Waals surface area contributed by atoms with Crippen LogP contribution < -0.4 is 5.32 Å². The number of rotatable bonds is 7. The lowest BCUT2D eigenvalue weighted by molar-refractivity contribution is 0.170. The molecule has 2 N–H and O–H groups in total. The van der Waals surface area contributed by atoms with E-state index in [0.29, 0.717) is 6.54 Å². The van der Waals surface area contributed by atoms with E-state index in [1.165, 1.54) is 18.2 Å². The van der Waals surface area contributed by atoms with E-state index in [1.54, 1.807) is 12.3 Å². The van der Waals surface area contributed by atoms with Gasteiger partial charge in [0.05, 0.1) is 3.57 Å². The Morgan fingerprint density at radius 3 is 2.65 bits per heavy atom. The number of aromatic hydroxyl groups is 1. The Morgan fingerprint density at radius 1 is 1.06 bits per heavy atom. The van der Waals surface area contributed by atoms with Gasteiger partial charge in [0.15, 0.2) is 0 Å². The summed E-state index contributed by atoms with van der Waals surface area (Å²) < 4.78 is 27.8. The molecule has 4 rings (SSSR count). The van der Waals surface area contributed by atoms with Crippen molar-refractivity contribution in [3.63, 3.8) is 0 Å². The zero-order valence-electron chi connectivity index (χ0n) is 17.0. The first-order chi connectivity index (χ1) is 15.0. The van der Waals surface area contributed by atoms with Crippen molar-refractivity contribution in [2.45, 2.75) is 32.0 Å². The summed E-state index contributed by atoms with van der Waals surface area (Å²) in [5, 5.41) is 13.2. The molecule has 2 aromatic carbocycles. The molecule has 0 saturated carbocycles. The van der Waals surface area contributed by atoms with E-state index in [-0.39, 0.29) is 23.6 Å². The summed E-state index contributed by atoms with van der Waals surface area (Å²) in [5.74, 6) is -0.388. The van der Waals surface area contributed by atoms with E-state index in [9.17, 15) is 13.9 Å². The topological polar surface area (TPSA) is 48.4 Å². The second kappa shape index (κ2) is 10.0. The average molecular weight is 535 g/mol. The molecular weight excluding hydrogens is 511 g/mol. The average Bonchev–Trinajstić information content (AvgIpc) is 2.76. The maximum atomic E-state index is 13.8. The van der Waals surface area contributed by atoms with Crippen molar-refractivity contribution >= 4 is 22.6 Å². The highest BCUT2D eigenvalue weighted by molar-refractivity contribution is 14.1. The molecule has 0 amide bonds. The van der Waals surface area contributed by atoms with Gasteiger partial charge in [-0.1, -0.05) is 18.2 Å². The third-order valence-electron chi connectivity index (χ3n) is 5.74. The molecule has 3 aromatic rings. The largest absolute Gasteiger partial charge is 0.493 e. The van der Waals surface area contributed by atoms with Crippen LogP contribution in [0.2, 0.25) is 0 Å². The quantitative estimate of drug-likeness (QED) is 0.348. The van der Waals surface area contributed by atoms with Crippen molar-refractivity contribution in [2.24, 2.45) is 0 Å². The first kappa shape index (κ1) is 22.1. The minimum atomic E-state index is -0.238. The van der Waals surface area contributed by atoms with Crippen LogP contribution in [0.25, 0.3) is 0 Å². The number of pyridine rings is 1. The van der Waals surface area contributed by atoms with Crippen molar-refractivity contribution in [3.05, 3.63) is 92.2 Å². The Morgan fingerprint density at radius 2 is 1.84 bits per heavy atom. The fourth-order valence-corrected chi connectivity index (χ4v) is 4.59. The van der Waals surface area contributed by atoms with Gasteiger partial charge in [-0.15, -0.1) is 0 Å². The van der Waals surface area contributed by atoms with Crippen LogP contribution in [0.3, 0.4) is 0 Å². The molecule has 0 spiro atoms. The van der Waals surface area contributed by atoms with E-state index in [2.05, 4.69) is 37.8 Å². The van der Waals surface area contributed by atoms with E-state index in [4.69, 9.17) is 0 Å². The number of benzene rings is 2. The SMILES string of the molecule is Oc1nccc(CNCCN2Cc3ccc(F)cc3CC2Cc2ccc(F)cc2)c1I. The summed E-state index contributed by atoms with van der Waals surface area (Å²) >= 11 is 2.10. The molecule has 1 aromatic heterocycles. The summed E-state index contributed by atoms with van der Waals surface area (Å²) in [6.45, 7) is 3.01. The zero-order chi connectivity index (χ0) is 21.8. The van der Waals surface area contributed by atoms with Crippen molar-refractivity contribution in [3.8, 4) is 5.88 Å². The number of fused-ring (bicyclic) bond motifs is 1. The second-order valence-electron chi connectivity index (χ2n) is 7.86. The maximum absolute atomic E-state index is 13.8. The lowest BCUT2D eigenvalue weighted by atomic mass is 9.90. The van der Waals surface area contributed by atoms with Gasteiger partial charge in [-0.2, -0.15) is 0 Å². The van der Waals surface area contributed by atoms with Crippen molar-refractivity contribution in [1.82, 2.24) is 15.2 Å². The van der Waals surface area contributed by atoms with E-state index >= 15 is 0 Å². The summed E-state index contributed by atoms with van der Waals surface area (Å²) in [4.78, 5) is 6.29. The molecule has 7 heteroatoms. The highest BCUT2D eigenvalue weighted by Crippen LogP contribution is 2.26. The number of hydrogen-bond donors (Lipinski definition) is 2. The third-order valence-corrected chi connectivity index (χ3v) is 6.92. The Hall–Kier alpha value is -2.10. The summed E-state index contributed by atoms with van der Waals surface area (Å²) in [7, 11) is 0. The normalized spacial score (nSPS) is 16.3. The van der Waals surface area contributed by atoms with Gasteiger partial charge in [0.1, 0.15) is 11.6 Å². The van der Waals surface area contributed by atoms with Gasteiger partial charge >= 0.3 is 0 Å². The minimum Gasteiger partial charge on any atom is -0.493 e. The van der Waals surface area contributed by atoms with Crippen molar-refractivity contribution in [2.75, 3.05) is 13.1 Å². The van der Waals surface area contributed by atoms with Gasteiger partial charge in [-0.05, 0) is 88.0 Å². The van der Waals surface area contributed by atoms with Gasteiger partial charge in [0, 0.05) is 38.4 Å². The molecule has 1 aliphatic rings. The van der Waals surface area contributed by atoms with Crippen LogP contribution >= 0.6 is 22.6 Å². The number of nitrogens with one attached hydrogen (secondary N) is 1. The van der Waals surface area contributed by atoms with Gasteiger partial charge in [0.2, 0.25) is 5.88 Å². The molecule has 1 aliphatic heterocycles. The van der Waals surface area contributed by atoms with Crippen LogP contribution in [0.1, 0.15) is 22.3 Å². The second-order valence-corrected chi connectivity index (χ2v) is 8.94. The standard InChI is InChI=1S/C24H24F2IN3O/c25-20-4-1-16(2-5-20)11-22-13-19-12-21(26)6-3-18(19)15-30(22)10-9-28-14-17-7-8-29-24(31)23(17)27/h1-8,12,22,28H,9-11,13-15H2,(H,29,31). The molecule has 0 aliphatic carbocycles. The van der Waals surface area contributed by atoms with Gasteiger partial charge < -0.3 is 10.4 Å². The van der Waals surface area contributed by atoms with E-state index < -0.39 is 0 Å². The fraction of sp³-hybridized carbons (Fsp3) is 0.292. The molecule has 31 heavy (non-hydrogen) atoms. The number of aromatic nitrogens is 1. The molecular formula is C24H24F2IN3O. The first-order valence-corrected chi connectivity index (χ1v) is 11.4. The predicted octanol–water partition coefficient (Wildman–Crippen LogP) is 4.43. The highest BCUT2D eigenvalue weighted by atomic mass is 127.